The minimum absolute atomic E-state index is 0.177. The van der Waals surface area contributed by atoms with Crippen LogP contribution >= 0.6 is 0 Å². The van der Waals surface area contributed by atoms with Crippen LogP contribution in [0.15, 0.2) is 23.2 Å². The number of nitrogens with zero attached hydrogens (tertiary/aromatic N) is 2. The Morgan fingerprint density at radius 2 is 2.00 bits per heavy atom. The third kappa shape index (κ3) is 8.26. The molecule has 2 rings (SSSR count). The van der Waals surface area contributed by atoms with Gasteiger partial charge in [-0.3, -0.25) is 4.99 Å². The number of rotatable bonds is 8. The Labute approximate surface area is 172 Å². The second kappa shape index (κ2) is 10.9. The molecule has 1 aliphatic heterocycles. The quantitative estimate of drug-likeness (QED) is 0.488. The van der Waals surface area contributed by atoms with E-state index in [1.807, 2.05) is 13.8 Å². The second-order valence-corrected chi connectivity index (χ2v) is 9.94. The summed E-state index contributed by atoms with van der Waals surface area (Å²) in [5.41, 5.74) is 0.449. The van der Waals surface area contributed by atoms with Crippen LogP contribution in [-0.2, 0) is 9.84 Å². The maximum absolute atomic E-state index is 14.0. The number of piperidine rings is 1. The SMILES string of the molecule is CCNC(=NCC(C)c1ccc(F)cc1F)NC1CCN(CCS(C)(=O)=O)CC1. The van der Waals surface area contributed by atoms with Crippen LogP contribution in [0.1, 0.15) is 38.2 Å². The van der Waals surface area contributed by atoms with Gasteiger partial charge in [0, 0.05) is 57.0 Å². The van der Waals surface area contributed by atoms with Crippen molar-refractivity contribution in [1.82, 2.24) is 15.5 Å². The molecule has 0 aromatic heterocycles. The molecule has 1 aromatic carbocycles. The zero-order chi connectivity index (χ0) is 21.4. The van der Waals surface area contributed by atoms with Crippen LogP contribution in [0.25, 0.3) is 0 Å². The molecule has 0 aliphatic carbocycles. The summed E-state index contributed by atoms with van der Waals surface area (Å²) in [6.07, 6.45) is 3.06. The van der Waals surface area contributed by atoms with Crippen molar-refractivity contribution in [1.29, 1.82) is 0 Å². The van der Waals surface area contributed by atoms with Gasteiger partial charge in [0.1, 0.15) is 21.5 Å². The molecule has 1 unspecified atom stereocenters. The molecule has 6 nitrogen and oxygen atoms in total. The Kier molecular flexibility index (Phi) is 8.82. The van der Waals surface area contributed by atoms with Crippen molar-refractivity contribution < 1.29 is 17.2 Å². The standard InChI is InChI=1S/C20H32F2N4O2S/c1-4-23-20(24-14-15(2)18-6-5-16(21)13-19(18)22)25-17-7-9-26(10-8-17)11-12-29(3,27)28/h5-6,13,15,17H,4,7-12,14H2,1-3H3,(H2,23,24,25). The van der Waals surface area contributed by atoms with Crippen LogP contribution in [0.4, 0.5) is 8.78 Å². The minimum Gasteiger partial charge on any atom is -0.357 e. The van der Waals surface area contributed by atoms with E-state index in [-0.39, 0.29) is 17.7 Å². The number of hydrogen-bond donors (Lipinski definition) is 2. The smallest absolute Gasteiger partial charge is 0.191 e. The fourth-order valence-electron chi connectivity index (χ4n) is 3.34. The van der Waals surface area contributed by atoms with E-state index < -0.39 is 21.5 Å². The summed E-state index contributed by atoms with van der Waals surface area (Å²) in [6.45, 7) is 7.18. The lowest BCUT2D eigenvalue weighted by atomic mass is 10.0. The van der Waals surface area contributed by atoms with Gasteiger partial charge in [-0.25, -0.2) is 17.2 Å². The number of hydrogen-bond acceptors (Lipinski definition) is 4. The molecule has 1 saturated heterocycles. The summed E-state index contributed by atoms with van der Waals surface area (Å²) in [6, 6.07) is 3.88. The van der Waals surface area contributed by atoms with E-state index in [4.69, 9.17) is 0 Å². The average Bonchev–Trinajstić information content (AvgIpc) is 2.65. The van der Waals surface area contributed by atoms with Gasteiger partial charge >= 0.3 is 0 Å². The maximum Gasteiger partial charge on any atom is 0.191 e. The van der Waals surface area contributed by atoms with Gasteiger partial charge in [0.2, 0.25) is 0 Å². The molecule has 1 fully saturated rings. The molecule has 1 aromatic rings. The molecule has 0 radical (unpaired) electrons. The van der Waals surface area contributed by atoms with Gasteiger partial charge < -0.3 is 15.5 Å². The van der Waals surface area contributed by atoms with Crippen LogP contribution in [0.2, 0.25) is 0 Å². The van der Waals surface area contributed by atoms with Crippen molar-refractivity contribution in [2.45, 2.75) is 38.6 Å². The number of guanidine groups is 1. The molecule has 1 aliphatic rings. The van der Waals surface area contributed by atoms with Gasteiger partial charge in [0.15, 0.2) is 5.96 Å². The van der Waals surface area contributed by atoms with Crippen molar-refractivity contribution >= 4 is 15.8 Å². The summed E-state index contributed by atoms with van der Waals surface area (Å²) in [7, 11) is -2.94. The first-order chi connectivity index (χ1) is 13.7. The topological polar surface area (TPSA) is 73.8 Å². The van der Waals surface area contributed by atoms with Gasteiger partial charge in [0.05, 0.1) is 5.75 Å². The van der Waals surface area contributed by atoms with Gasteiger partial charge in [-0.15, -0.1) is 0 Å². The highest BCUT2D eigenvalue weighted by Crippen LogP contribution is 2.20. The Morgan fingerprint density at radius 1 is 1.31 bits per heavy atom. The zero-order valence-electron chi connectivity index (χ0n) is 17.4. The largest absolute Gasteiger partial charge is 0.357 e. The van der Waals surface area contributed by atoms with Gasteiger partial charge in [-0.05, 0) is 31.4 Å². The molecule has 0 saturated carbocycles. The third-order valence-corrected chi connectivity index (χ3v) is 5.99. The summed E-state index contributed by atoms with van der Waals surface area (Å²) in [4.78, 5) is 6.75. The number of nitrogens with one attached hydrogen (secondary N) is 2. The molecule has 0 bridgehead atoms. The summed E-state index contributed by atoms with van der Waals surface area (Å²) >= 11 is 0. The number of aliphatic imine (C=N–C) groups is 1. The molecular weight excluding hydrogens is 398 g/mol. The highest BCUT2D eigenvalue weighted by atomic mass is 32.2. The number of sulfone groups is 1. The van der Waals surface area contributed by atoms with Gasteiger partial charge in [-0.2, -0.15) is 0 Å². The van der Waals surface area contributed by atoms with E-state index in [9.17, 15) is 17.2 Å². The van der Waals surface area contributed by atoms with Crippen molar-refractivity contribution in [3.8, 4) is 0 Å². The molecular formula is C20H32F2N4O2S. The molecule has 1 heterocycles. The van der Waals surface area contributed by atoms with Gasteiger partial charge in [0.25, 0.3) is 0 Å². The highest BCUT2D eigenvalue weighted by Gasteiger charge is 2.21. The monoisotopic (exact) mass is 430 g/mol. The Morgan fingerprint density at radius 3 is 2.59 bits per heavy atom. The lowest BCUT2D eigenvalue weighted by Gasteiger charge is -2.33. The Bertz CT molecular complexity index is 794. The normalized spacial score (nSPS) is 17.9. The minimum atomic E-state index is -2.94. The lowest BCUT2D eigenvalue weighted by molar-refractivity contribution is 0.216. The molecule has 29 heavy (non-hydrogen) atoms. The van der Waals surface area contributed by atoms with Crippen LogP contribution < -0.4 is 10.6 Å². The first-order valence-corrected chi connectivity index (χ1v) is 12.1. The Balaban J connectivity index is 1.88. The predicted octanol–water partition coefficient (Wildman–Crippen LogP) is 2.13. The van der Waals surface area contributed by atoms with Crippen LogP contribution in [0, 0.1) is 11.6 Å². The van der Waals surface area contributed by atoms with Crippen molar-refractivity contribution in [3.63, 3.8) is 0 Å². The summed E-state index contributed by atoms with van der Waals surface area (Å²) in [5.74, 6) is -0.445. The van der Waals surface area contributed by atoms with E-state index in [0.29, 0.717) is 31.2 Å². The first kappa shape index (κ1) is 23.5. The van der Waals surface area contributed by atoms with E-state index in [1.54, 1.807) is 0 Å². The summed E-state index contributed by atoms with van der Waals surface area (Å²) < 4.78 is 49.7. The number of benzene rings is 1. The molecule has 9 heteroatoms. The van der Waals surface area contributed by atoms with Gasteiger partial charge in [-0.1, -0.05) is 13.0 Å². The Hall–Kier alpha value is -1.74. The molecule has 0 spiro atoms. The highest BCUT2D eigenvalue weighted by molar-refractivity contribution is 7.90. The van der Waals surface area contributed by atoms with E-state index in [0.717, 1.165) is 32.0 Å². The first-order valence-electron chi connectivity index (χ1n) is 10.1. The fourth-order valence-corrected chi connectivity index (χ4v) is 3.93. The van der Waals surface area contributed by atoms with E-state index >= 15 is 0 Å². The van der Waals surface area contributed by atoms with Crippen molar-refractivity contribution in [2.75, 3.05) is 44.7 Å². The number of halogens is 2. The van der Waals surface area contributed by atoms with E-state index in [1.165, 1.54) is 18.4 Å². The molecule has 0 amide bonds. The zero-order valence-corrected chi connectivity index (χ0v) is 18.2. The fraction of sp³-hybridized carbons (Fsp3) is 0.650. The van der Waals surface area contributed by atoms with Crippen molar-refractivity contribution in [2.24, 2.45) is 4.99 Å². The van der Waals surface area contributed by atoms with Crippen LogP contribution in [0.5, 0.6) is 0 Å². The number of likely N-dealkylation sites (tertiary alicyclic amines) is 1. The van der Waals surface area contributed by atoms with Crippen molar-refractivity contribution in [3.05, 3.63) is 35.4 Å². The lowest BCUT2D eigenvalue weighted by Crippen LogP contribution is -2.49. The summed E-state index contributed by atoms with van der Waals surface area (Å²) in [5, 5.41) is 6.63. The third-order valence-electron chi connectivity index (χ3n) is 5.07. The molecule has 2 N–H and O–H groups in total. The molecule has 164 valence electrons. The molecule has 1 atom stereocenters. The predicted molar refractivity (Wildman–Crippen MR) is 113 cm³/mol. The van der Waals surface area contributed by atoms with E-state index in [2.05, 4.69) is 20.5 Å². The maximum atomic E-state index is 14.0. The second-order valence-electron chi connectivity index (χ2n) is 7.68. The van der Waals surface area contributed by atoms with Crippen LogP contribution in [-0.4, -0.2) is 70.1 Å². The average molecular weight is 431 g/mol. The van der Waals surface area contributed by atoms with Crippen LogP contribution in [0.3, 0.4) is 0 Å².